The molecule has 1 heterocycles. The number of carbonyl (C=O) groups excluding carboxylic acids is 1. The molecular weight excluding hydrogens is 234 g/mol. The van der Waals surface area contributed by atoms with Crippen LogP contribution in [0.3, 0.4) is 0 Å². The lowest BCUT2D eigenvalue weighted by molar-refractivity contribution is 0.0953. The lowest BCUT2D eigenvalue weighted by Crippen LogP contribution is -2.24. The fourth-order valence-electron chi connectivity index (χ4n) is 0.732. The summed E-state index contributed by atoms with van der Waals surface area (Å²) in [4.78, 5) is 11.3. The minimum Gasteiger partial charge on any atom is -0.340 e. The summed E-state index contributed by atoms with van der Waals surface area (Å²) < 4.78 is 0.648. The molecule has 0 aliphatic rings. The van der Waals surface area contributed by atoms with Crippen molar-refractivity contribution in [2.24, 2.45) is 0 Å². The van der Waals surface area contributed by atoms with Crippen LogP contribution < -0.4 is 5.32 Å². The van der Waals surface area contributed by atoms with Crippen LogP contribution in [0.4, 0.5) is 0 Å². The molecule has 1 amide bonds. The van der Waals surface area contributed by atoms with E-state index in [4.69, 9.17) is 0 Å². The standard InChI is InChI=1S/C8H8BrN3O/c1-2-3-4-10-8(13)7-6(9)5-11-12-7/h5H,4H2,1H3,(H,10,13)(H,11,12). The number of nitrogens with zero attached hydrogens (tertiary/aromatic N) is 1. The van der Waals surface area contributed by atoms with Crippen molar-refractivity contribution in [2.75, 3.05) is 6.54 Å². The monoisotopic (exact) mass is 241 g/mol. The second-order valence-electron chi connectivity index (χ2n) is 2.20. The Balaban J connectivity index is 2.57. The van der Waals surface area contributed by atoms with E-state index >= 15 is 0 Å². The van der Waals surface area contributed by atoms with Crippen molar-refractivity contribution in [2.45, 2.75) is 6.92 Å². The maximum absolute atomic E-state index is 11.3. The topological polar surface area (TPSA) is 57.8 Å². The van der Waals surface area contributed by atoms with Gasteiger partial charge in [-0.25, -0.2) is 0 Å². The predicted molar refractivity (Wildman–Crippen MR) is 52.1 cm³/mol. The number of carbonyl (C=O) groups is 1. The molecule has 0 aliphatic heterocycles. The number of nitrogens with one attached hydrogen (secondary N) is 2. The first-order valence-corrected chi connectivity index (χ1v) is 4.41. The highest BCUT2D eigenvalue weighted by Gasteiger charge is 2.09. The van der Waals surface area contributed by atoms with Crippen molar-refractivity contribution in [3.63, 3.8) is 0 Å². The van der Waals surface area contributed by atoms with Crippen LogP contribution in [0.2, 0.25) is 0 Å². The summed E-state index contributed by atoms with van der Waals surface area (Å²) in [6, 6.07) is 0. The lowest BCUT2D eigenvalue weighted by atomic mass is 10.4. The molecule has 0 fully saturated rings. The average molecular weight is 242 g/mol. The van der Waals surface area contributed by atoms with Gasteiger partial charge in [-0.3, -0.25) is 9.89 Å². The maximum Gasteiger partial charge on any atom is 0.271 e. The number of hydrogen-bond donors (Lipinski definition) is 2. The van der Waals surface area contributed by atoms with Crippen LogP contribution in [0, 0.1) is 11.8 Å². The maximum atomic E-state index is 11.3. The van der Waals surface area contributed by atoms with Gasteiger partial charge in [-0.15, -0.1) is 5.92 Å². The molecule has 5 heteroatoms. The van der Waals surface area contributed by atoms with Crippen LogP contribution >= 0.6 is 15.9 Å². The summed E-state index contributed by atoms with van der Waals surface area (Å²) in [5.41, 5.74) is 0.415. The van der Waals surface area contributed by atoms with E-state index in [0.717, 1.165) is 0 Å². The van der Waals surface area contributed by atoms with Gasteiger partial charge in [0, 0.05) is 0 Å². The van der Waals surface area contributed by atoms with Crippen molar-refractivity contribution < 1.29 is 4.79 Å². The number of hydrogen-bond acceptors (Lipinski definition) is 2. The molecule has 1 aromatic rings. The van der Waals surface area contributed by atoms with Gasteiger partial charge in [0.05, 0.1) is 17.2 Å². The molecule has 0 atom stereocenters. The van der Waals surface area contributed by atoms with Gasteiger partial charge in [0.15, 0.2) is 0 Å². The minimum absolute atomic E-state index is 0.216. The first-order valence-electron chi connectivity index (χ1n) is 3.62. The second kappa shape index (κ2) is 4.67. The summed E-state index contributed by atoms with van der Waals surface area (Å²) in [7, 11) is 0. The Kier molecular flexibility index (Phi) is 3.53. The zero-order valence-electron chi connectivity index (χ0n) is 7.02. The molecule has 0 spiro atoms. The van der Waals surface area contributed by atoms with E-state index in [2.05, 4.69) is 43.3 Å². The summed E-state index contributed by atoms with van der Waals surface area (Å²) in [5, 5.41) is 8.89. The Bertz CT molecular complexity index is 361. The van der Waals surface area contributed by atoms with Gasteiger partial charge in [-0.1, -0.05) is 5.92 Å². The van der Waals surface area contributed by atoms with Crippen molar-refractivity contribution in [1.82, 2.24) is 15.5 Å². The van der Waals surface area contributed by atoms with Gasteiger partial charge in [-0.2, -0.15) is 5.10 Å². The summed E-state index contributed by atoms with van der Waals surface area (Å²) in [6.45, 7) is 2.07. The molecule has 0 unspecified atom stereocenters. The van der Waals surface area contributed by atoms with Gasteiger partial charge in [0.1, 0.15) is 5.69 Å². The molecule has 0 saturated heterocycles. The Morgan fingerprint density at radius 3 is 3.15 bits per heavy atom. The number of amides is 1. The van der Waals surface area contributed by atoms with Crippen molar-refractivity contribution in [3.05, 3.63) is 16.4 Å². The van der Waals surface area contributed by atoms with Gasteiger partial charge in [0.2, 0.25) is 0 Å². The molecule has 0 aromatic carbocycles. The molecule has 0 radical (unpaired) electrons. The van der Waals surface area contributed by atoms with E-state index in [-0.39, 0.29) is 5.91 Å². The third kappa shape index (κ3) is 2.60. The van der Waals surface area contributed by atoms with Crippen molar-refractivity contribution in [1.29, 1.82) is 0 Å². The highest BCUT2D eigenvalue weighted by Crippen LogP contribution is 2.11. The highest BCUT2D eigenvalue weighted by atomic mass is 79.9. The number of halogens is 1. The SMILES string of the molecule is CC#CCNC(=O)c1[nH]ncc1Br. The van der Waals surface area contributed by atoms with E-state index in [0.29, 0.717) is 16.7 Å². The smallest absolute Gasteiger partial charge is 0.271 e. The molecule has 68 valence electrons. The molecule has 0 aliphatic carbocycles. The molecule has 1 aromatic heterocycles. The first-order chi connectivity index (χ1) is 6.25. The number of rotatable bonds is 2. The third-order valence-electron chi connectivity index (χ3n) is 1.33. The third-order valence-corrected chi connectivity index (χ3v) is 1.94. The number of aromatic amines is 1. The molecule has 2 N–H and O–H groups in total. The molecule has 1 rings (SSSR count). The Hall–Kier alpha value is -1.28. The quantitative estimate of drug-likeness (QED) is 0.758. The predicted octanol–water partition coefficient (Wildman–Crippen LogP) is 0.925. The minimum atomic E-state index is -0.216. The van der Waals surface area contributed by atoms with Gasteiger partial charge >= 0.3 is 0 Å². The van der Waals surface area contributed by atoms with Gasteiger partial charge < -0.3 is 5.32 Å². The fourth-order valence-corrected chi connectivity index (χ4v) is 1.10. The van der Waals surface area contributed by atoms with Gasteiger partial charge in [-0.05, 0) is 22.9 Å². The normalized spacial score (nSPS) is 8.77. The summed E-state index contributed by atoms with van der Waals surface area (Å²) in [5.74, 6) is 5.19. The summed E-state index contributed by atoms with van der Waals surface area (Å²) in [6.07, 6.45) is 1.53. The lowest BCUT2D eigenvalue weighted by Gasteiger charge is -1.97. The Morgan fingerprint density at radius 2 is 2.62 bits per heavy atom. The van der Waals surface area contributed by atoms with Crippen LogP contribution in [-0.2, 0) is 0 Å². The van der Waals surface area contributed by atoms with Crippen LogP contribution in [-0.4, -0.2) is 22.6 Å². The van der Waals surface area contributed by atoms with E-state index in [1.165, 1.54) is 6.20 Å². The van der Waals surface area contributed by atoms with E-state index in [1.54, 1.807) is 6.92 Å². The number of aromatic nitrogens is 2. The molecule has 4 nitrogen and oxygen atoms in total. The van der Waals surface area contributed by atoms with Crippen LogP contribution in [0.15, 0.2) is 10.7 Å². The molecule has 0 bridgehead atoms. The largest absolute Gasteiger partial charge is 0.340 e. The molecule has 0 saturated carbocycles. The number of H-pyrrole nitrogens is 1. The van der Waals surface area contributed by atoms with E-state index in [1.807, 2.05) is 0 Å². The molecule has 13 heavy (non-hydrogen) atoms. The van der Waals surface area contributed by atoms with Gasteiger partial charge in [0.25, 0.3) is 5.91 Å². The highest BCUT2D eigenvalue weighted by molar-refractivity contribution is 9.10. The second-order valence-corrected chi connectivity index (χ2v) is 3.06. The Labute approximate surface area is 84.2 Å². The fraction of sp³-hybridized carbons (Fsp3) is 0.250. The van der Waals surface area contributed by atoms with Crippen LogP contribution in [0.25, 0.3) is 0 Å². The van der Waals surface area contributed by atoms with E-state index < -0.39 is 0 Å². The Morgan fingerprint density at radius 1 is 1.85 bits per heavy atom. The zero-order valence-corrected chi connectivity index (χ0v) is 8.60. The van der Waals surface area contributed by atoms with Crippen molar-refractivity contribution >= 4 is 21.8 Å². The average Bonchev–Trinajstić information content (AvgIpc) is 2.52. The summed E-state index contributed by atoms with van der Waals surface area (Å²) >= 11 is 3.19. The molecular formula is C8H8BrN3O. The first kappa shape index (κ1) is 9.81. The zero-order chi connectivity index (χ0) is 9.68. The van der Waals surface area contributed by atoms with Crippen LogP contribution in [0.1, 0.15) is 17.4 Å². The van der Waals surface area contributed by atoms with Crippen LogP contribution in [0.5, 0.6) is 0 Å². The van der Waals surface area contributed by atoms with Crippen molar-refractivity contribution in [3.8, 4) is 11.8 Å². The van der Waals surface area contributed by atoms with E-state index in [9.17, 15) is 4.79 Å².